The Labute approximate surface area is 178 Å². The van der Waals surface area contributed by atoms with Gasteiger partial charge in [0.25, 0.3) is 0 Å². The van der Waals surface area contributed by atoms with Gasteiger partial charge in [-0.25, -0.2) is 15.0 Å². The van der Waals surface area contributed by atoms with Crippen LogP contribution in [0.3, 0.4) is 0 Å². The first kappa shape index (κ1) is 19.4. The van der Waals surface area contributed by atoms with Crippen LogP contribution in [-0.4, -0.2) is 32.0 Å². The lowest BCUT2D eigenvalue weighted by Gasteiger charge is -2.10. The highest BCUT2D eigenvalue weighted by Crippen LogP contribution is 2.31. The normalized spacial score (nSPS) is 10.9. The fourth-order valence-corrected chi connectivity index (χ4v) is 3.18. The number of aryl methyl sites for hydroxylation is 2. The van der Waals surface area contributed by atoms with E-state index in [4.69, 9.17) is 27.9 Å². The lowest BCUT2D eigenvalue weighted by atomic mass is 10.0. The van der Waals surface area contributed by atoms with Crippen molar-refractivity contribution in [3.05, 3.63) is 76.7 Å². The highest BCUT2D eigenvalue weighted by Gasteiger charge is 2.12. The average molecular weight is 426 g/mol. The molecule has 3 heterocycles. The predicted octanol–water partition coefficient (Wildman–Crippen LogP) is 5.03. The Kier molecular flexibility index (Phi) is 5.74. The van der Waals surface area contributed by atoms with Crippen LogP contribution >= 0.6 is 23.2 Å². The van der Waals surface area contributed by atoms with E-state index in [1.54, 1.807) is 38.0 Å². The van der Waals surface area contributed by atoms with Crippen molar-refractivity contribution in [1.29, 1.82) is 0 Å². The summed E-state index contributed by atoms with van der Waals surface area (Å²) in [5.74, 6) is 1.49. The summed E-state index contributed by atoms with van der Waals surface area (Å²) < 4.78 is 5.62. The van der Waals surface area contributed by atoms with Gasteiger partial charge in [0.2, 0.25) is 0 Å². The number of aromatic nitrogens is 5. The summed E-state index contributed by atoms with van der Waals surface area (Å²) in [5, 5.41) is 0.843. The predicted molar refractivity (Wildman–Crippen MR) is 113 cm³/mol. The molecule has 0 spiro atoms. The fraction of sp³-hybridized carbons (Fsp3) is 0.143. The van der Waals surface area contributed by atoms with Gasteiger partial charge in [-0.3, -0.25) is 4.98 Å². The van der Waals surface area contributed by atoms with Crippen LogP contribution in [0.25, 0.3) is 22.6 Å². The molecular formula is C21H17Cl2N5O. The lowest BCUT2D eigenvalue weighted by Crippen LogP contribution is -1.97. The molecule has 1 aromatic carbocycles. The molecule has 3 aromatic heterocycles. The summed E-state index contributed by atoms with van der Waals surface area (Å²) >= 11 is 11.6. The molecular weight excluding hydrogens is 409 g/mol. The molecule has 1 N–H and O–H groups in total. The summed E-state index contributed by atoms with van der Waals surface area (Å²) in [6, 6.07) is 9.74. The summed E-state index contributed by atoms with van der Waals surface area (Å²) in [6.45, 7) is 0. The molecule has 0 fully saturated rings. The van der Waals surface area contributed by atoms with Gasteiger partial charge in [0.15, 0.2) is 0 Å². The maximum atomic E-state index is 5.85. The molecule has 0 unspecified atom stereocenters. The van der Waals surface area contributed by atoms with Crippen molar-refractivity contribution >= 4 is 23.2 Å². The van der Waals surface area contributed by atoms with E-state index in [9.17, 15) is 0 Å². The maximum absolute atomic E-state index is 5.85. The first-order valence-corrected chi connectivity index (χ1v) is 9.68. The van der Waals surface area contributed by atoms with Crippen molar-refractivity contribution in [3.63, 3.8) is 0 Å². The minimum Gasteiger partial charge on any atom is -0.496 e. The molecule has 0 amide bonds. The smallest absolute Gasteiger partial charge is 0.147 e. The molecule has 146 valence electrons. The second-order valence-electron chi connectivity index (χ2n) is 6.38. The number of halogens is 2. The number of rotatable bonds is 6. The molecule has 8 heteroatoms. The van der Waals surface area contributed by atoms with Crippen molar-refractivity contribution in [2.75, 3.05) is 7.11 Å². The fourth-order valence-electron chi connectivity index (χ4n) is 2.97. The average Bonchev–Trinajstić information content (AvgIpc) is 3.23. The number of benzene rings is 1. The zero-order chi connectivity index (χ0) is 20.2. The molecule has 0 atom stereocenters. The Morgan fingerprint density at radius 2 is 1.72 bits per heavy atom. The SMILES string of the molecule is COc1cc(CCc2cnc(Cl)cn2)ccc1-c1cnc(-c2ccc(Cl)nc2)[nH]1. The minimum absolute atomic E-state index is 0.396. The van der Waals surface area contributed by atoms with E-state index in [0.717, 1.165) is 52.5 Å². The molecule has 4 rings (SSSR count). The van der Waals surface area contributed by atoms with Crippen molar-refractivity contribution < 1.29 is 4.74 Å². The van der Waals surface area contributed by atoms with Gasteiger partial charge < -0.3 is 9.72 Å². The summed E-state index contributed by atoms with van der Waals surface area (Å²) in [7, 11) is 1.66. The Morgan fingerprint density at radius 1 is 0.862 bits per heavy atom. The molecule has 0 bridgehead atoms. The van der Waals surface area contributed by atoms with Gasteiger partial charge >= 0.3 is 0 Å². The van der Waals surface area contributed by atoms with E-state index < -0.39 is 0 Å². The van der Waals surface area contributed by atoms with Crippen LogP contribution in [0.5, 0.6) is 5.75 Å². The molecule has 0 aliphatic rings. The number of nitrogens with one attached hydrogen (secondary N) is 1. The van der Waals surface area contributed by atoms with E-state index in [0.29, 0.717) is 10.3 Å². The van der Waals surface area contributed by atoms with Crippen LogP contribution in [-0.2, 0) is 12.8 Å². The Balaban J connectivity index is 1.54. The zero-order valence-corrected chi connectivity index (χ0v) is 17.1. The van der Waals surface area contributed by atoms with Gasteiger partial charge in [0.05, 0.1) is 37.1 Å². The quantitative estimate of drug-likeness (QED) is 0.438. The first-order chi connectivity index (χ1) is 14.1. The van der Waals surface area contributed by atoms with Crippen LogP contribution in [0.4, 0.5) is 0 Å². The molecule has 0 aliphatic heterocycles. The van der Waals surface area contributed by atoms with Crippen LogP contribution in [0.1, 0.15) is 11.3 Å². The monoisotopic (exact) mass is 425 g/mol. The highest BCUT2D eigenvalue weighted by atomic mass is 35.5. The number of pyridine rings is 1. The van der Waals surface area contributed by atoms with Crippen molar-refractivity contribution in [3.8, 4) is 28.4 Å². The highest BCUT2D eigenvalue weighted by molar-refractivity contribution is 6.29. The number of ether oxygens (including phenoxy) is 1. The number of hydrogen-bond acceptors (Lipinski definition) is 5. The number of aromatic amines is 1. The molecule has 0 aliphatic carbocycles. The number of hydrogen-bond donors (Lipinski definition) is 1. The lowest BCUT2D eigenvalue weighted by molar-refractivity contribution is 0.416. The Bertz CT molecular complexity index is 1110. The van der Waals surface area contributed by atoms with Crippen molar-refractivity contribution in [2.45, 2.75) is 12.8 Å². The van der Waals surface area contributed by atoms with Gasteiger partial charge in [-0.05, 0) is 42.7 Å². The zero-order valence-electron chi connectivity index (χ0n) is 15.6. The standard InChI is InChI=1S/C21H17Cl2N5O/c1-29-18-8-13(2-5-15-10-26-20(23)12-24-15)3-6-16(18)17-11-27-21(28-17)14-4-7-19(22)25-9-14/h3-4,6-12H,2,5H2,1H3,(H,27,28). The third-order valence-electron chi connectivity index (χ3n) is 4.48. The first-order valence-electron chi connectivity index (χ1n) is 8.93. The number of H-pyrrole nitrogens is 1. The van der Waals surface area contributed by atoms with Crippen molar-refractivity contribution in [2.24, 2.45) is 0 Å². The van der Waals surface area contributed by atoms with Gasteiger partial charge in [-0.2, -0.15) is 0 Å². The van der Waals surface area contributed by atoms with Gasteiger partial charge in [0.1, 0.15) is 21.9 Å². The second kappa shape index (κ2) is 8.59. The topological polar surface area (TPSA) is 76.6 Å². The van der Waals surface area contributed by atoms with E-state index in [1.165, 1.54) is 0 Å². The Hall–Kier alpha value is -2.96. The molecule has 0 saturated heterocycles. The third kappa shape index (κ3) is 4.55. The summed E-state index contributed by atoms with van der Waals surface area (Å²) in [4.78, 5) is 20.2. The molecule has 4 aromatic rings. The number of nitrogens with zero attached hydrogens (tertiary/aromatic N) is 4. The summed E-state index contributed by atoms with van der Waals surface area (Å²) in [5.41, 5.74) is 4.70. The summed E-state index contributed by atoms with van der Waals surface area (Å²) in [6.07, 6.45) is 8.32. The molecule has 6 nitrogen and oxygen atoms in total. The largest absolute Gasteiger partial charge is 0.496 e. The number of imidazole rings is 1. The van der Waals surface area contributed by atoms with E-state index in [1.807, 2.05) is 18.2 Å². The molecule has 29 heavy (non-hydrogen) atoms. The van der Waals surface area contributed by atoms with E-state index in [-0.39, 0.29) is 0 Å². The van der Waals surface area contributed by atoms with Crippen LogP contribution in [0, 0.1) is 0 Å². The molecule has 0 saturated carbocycles. The van der Waals surface area contributed by atoms with Crippen LogP contribution in [0.2, 0.25) is 10.3 Å². The van der Waals surface area contributed by atoms with E-state index in [2.05, 4.69) is 31.0 Å². The van der Waals surface area contributed by atoms with Crippen LogP contribution in [0.15, 0.2) is 55.1 Å². The minimum atomic E-state index is 0.396. The van der Waals surface area contributed by atoms with Crippen molar-refractivity contribution in [1.82, 2.24) is 24.9 Å². The van der Waals surface area contributed by atoms with E-state index >= 15 is 0 Å². The number of methoxy groups -OCH3 is 1. The van der Waals surface area contributed by atoms with Gasteiger partial charge in [0, 0.05) is 17.3 Å². The second-order valence-corrected chi connectivity index (χ2v) is 7.15. The van der Waals surface area contributed by atoms with Gasteiger partial charge in [-0.1, -0.05) is 29.3 Å². The maximum Gasteiger partial charge on any atom is 0.147 e. The van der Waals surface area contributed by atoms with Crippen LogP contribution < -0.4 is 4.74 Å². The third-order valence-corrected chi connectivity index (χ3v) is 4.90. The van der Waals surface area contributed by atoms with Gasteiger partial charge in [-0.15, -0.1) is 0 Å². The Morgan fingerprint density at radius 3 is 2.45 bits per heavy atom. The molecule has 0 radical (unpaired) electrons.